The molecule has 0 atom stereocenters. The Bertz CT molecular complexity index is 1540. The van der Waals surface area contributed by atoms with E-state index >= 15 is 4.39 Å². The van der Waals surface area contributed by atoms with Gasteiger partial charge in [0.25, 0.3) is 0 Å². The Kier molecular flexibility index (Phi) is 8.47. The summed E-state index contributed by atoms with van der Waals surface area (Å²) in [6.45, 7) is 5.03. The second-order valence-corrected chi connectivity index (χ2v) is 14.4. The molecule has 1 aromatic carbocycles. The van der Waals surface area contributed by atoms with Gasteiger partial charge in [-0.3, -0.25) is 0 Å². The Morgan fingerprint density at radius 3 is 2.62 bits per heavy atom. The molecule has 1 aliphatic rings. The van der Waals surface area contributed by atoms with Gasteiger partial charge in [0, 0.05) is 60.3 Å². The summed E-state index contributed by atoms with van der Waals surface area (Å²) in [6, 6.07) is 7.08. The summed E-state index contributed by atoms with van der Waals surface area (Å²) in [6.07, 6.45) is 5.94. The smallest absolute Gasteiger partial charge is 0.223 e. The number of rotatable bonds is 9. The summed E-state index contributed by atoms with van der Waals surface area (Å²) in [4.78, 5) is 19.0. The summed E-state index contributed by atoms with van der Waals surface area (Å²) in [7, 11) is -3.19. The van der Waals surface area contributed by atoms with Gasteiger partial charge in [-0.05, 0) is 31.0 Å². The van der Waals surface area contributed by atoms with Crippen LogP contribution in [-0.2, 0) is 10.0 Å². The van der Waals surface area contributed by atoms with E-state index in [4.69, 9.17) is 9.97 Å². The Morgan fingerprint density at radius 2 is 1.92 bits per heavy atom. The number of nitrogens with one attached hydrogen (secondary N) is 2. The predicted molar refractivity (Wildman–Crippen MR) is 157 cm³/mol. The molecule has 0 unspecified atom stereocenters. The van der Waals surface area contributed by atoms with Gasteiger partial charge in [-0.1, -0.05) is 19.9 Å². The molecule has 1 aliphatic heterocycles. The molecule has 14 heteroatoms. The van der Waals surface area contributed by atoms with Gasteiger partial charge < -0.3 is 10.0 Å². The maximum atomic E-state index is 15.8. The fourth-order valence-corrected chi connectivity index (χ4v) is 7.40. The summed E-state index contributed by atoms with van der Waals surface area (Å²) in [5.74, 6) is 0.215. The van der Waals surface area contributed by atoms with Crippen LogP contribution in [-0.4, -0.2) is 58.0 Å². The van der Waals surface area contributed by atoms with E-state index in [0.29, 0.717) is 54.5 Å². The number of sulfonamides is 1. The van der Waals surface area contributed by atoms with Crippen molar-refractivity contribution in [3.05, 3.63) is 52.9 Å². The molecule has 4 heterocycles. The van der Waals surface area contributed by atoms with Crippen molar-refractivity contribution < 1.29 is 12.8 Å². The molecule has 4 aromatic rings. The van der Waals surface area contributed by atoms with Crippen LogP contribution in [0, 0.1) is 5.82 Å². The lowest BCUT2D eigenvalue weighted by atomic mass is 10.1. The van der Waals surface area contributed by atoms with Gasteiger partial charge in [0.1, 0.15) is 0 Å². The van der Waals surface area contributed by atoms with Crippen LogP contribution in [0.25, 0.3) is 21.8 Å². The van der Waals surface area contributed by atoms with E-state index in [0.717, 1.165) is 14.2 Å². The molecular weight excluding hydrogens is 578 g/mol. The lowest BCUT2D eigenvalue weighted by molar-refractivity contribution is 0.331. The van der Waals surface area contributed by atoms with Gasteiger partial charge in [-0.15, -0.1) is 22.7 Å². The number of nitrogens with zero attached hydrogens (tertiary/aromatic N) is 5. The number of anilines is 2. The molecule has 39 heavy (non-hydrogen) atoms. The van der Waals surface area contributed by atoms with Crippen LogP contribution in [0.1, 0.15) is 37.6 Å². The highest BCUT2D eigenvalue weighted by atomic mass is 32.2. The minimum atomic E-state index is -3.19. The van der Waals surface area contributed by atoms with Crippen molar-refractivity contribution >= 4 is 56.3 Å². The Morgan fingerprint density at radius 1 is 1.13 bits per heavy atom. The van der Waals surface area contributed by atoms with Crippen LogP contribution in [0.4, 0.5) is 16.0 Å². The van der Waals surface area contributed by atoms with E-state index in [1.807, 2.05) is 5.38 Å². The second-order valence-electron chi connectivity index (χ2n) is 9.40. The third-order valence-electron chi connectivity index (χ3n) is 6.19. The van der Waals surface area contributed by atoms with Crippen molar-refractivity contribution in [3.63, 3.8) is 0 Å². The third-order valence-corrected chi connectivity index (χ3v) is 10.6. The minimum absolute atomic E-state index is 0.0564. The molecule has 9 nitrogen and oxygen atoms in total. The zero-order valence-corrected chi connectivity index (χ0v) is 24.9. The van der Waals surface area contributed by atoms with Crippen molar-refractivity contribution in [1.29, 1.82) is 0 Å². The molecule has 0 aliphatic carbocycles. The molecular formula is C25H28FN7O2S4. The number of piperidine rings is 1. The van der Waals surface area contributed by atoms with E-state index in [1.54, 1.807) is 36.7 Å². The topological polar surface area (TPSA) is 113 Å². The highest BCUT2D eigenvalue weighted by Crippen LogP contribution is 2.41. The molecule has 0 saturated carbocycles. The highest BCUT2D eigenvalue weighted by Gasteiger charge is 2.26. The Balaban J connectivity index is 1.42. The average molecular weight is 606 g/mol. The summed E-state index contributed by atoms with van der Waals surface area (Å²) >= 11 is 4.24. The molecule has 206 valence electrons. The monoisotopic (exact) mass is 605 g/mol. The van der Waals surface area contributed by atoms with E-state index in [1.165, 1.54) is 45.2 Å². The standard InChI is InChI=1S/C25H28FN7O2S4/c1-15(2)23-31-21(17-5-4-6-18(20(17)26)32-38-25-28-11-14-36-25)22(37-23)19-7-10-27-24(30-19)29-16-8-12-33(13-9-16)39(3,34)35/h4-7,10-11,14-16,32H,8-9,12-13H2,1-3H3,(H,27,29,30). The summed E-state index contributed by atoms with van der Waals surface area (Å²) < 4.78 is 44.8. The molecule has 0 bridgehead atoms. The average Bonchev–Trinajstić information content (AvgIpc) is 3.59. The molecule has 1 fully saturated rings. The lowest BCUT2D eigenvalue weighted by Gasteiger charge is -2.30. The van der Waals surface area contributed by atoms with Gasteiger partial charge in [-0.2, -0.15) is 0 Å². The van der Waals surface area contributed by atoms with Crippen molar-refractivity contribution in [2.45, 2.75) is 43.0 Å². The quantitative estimate of drug-likeness (QED) is 0.224. The molecule has 0 amide bonds. The van der Waals surface area contributed by atoms with Crippen LogP contribution >= 0.6 is 34.6 Å². The number of benzene rings is 1. The first-order chi connectivity index (χ1) is 18.7. The van der Waals surface area contributed by atoms with Gasteiger partial charge in [-0.25, -0.2) is 37.0 Å². The van der Waals surface area contributed by atoms with Gasteiger partial charge in [0.05, 0.1) is 33.2 Å². The molecule has 2 N–H and O–H groups in total. The van der Waals surface area contributed by atoms with Crippen LogP contribution in [0.2, 0.25) is 0 Å². The molecule has 1 saturated heterocycles. The lowest BCUT2D eigenvalue weighted by Crippen LogP contribution is -2.42. The third kappa shape index (κ3) is 6.57. The SMILES string of the molecule is CC(C)c1nc(-c2cccc(NSc3nccs3)c2F)c(-c2ccnc(NC3CCN(S(C)(=O)=O)CC3)n2)s1. The van der Waals surface area contributed by atoms with Gasteiger partial charge in [0.15, 0.2) is 10.2 Å². The van der Waals surface area contributed by atoms with Gasteiger partial charge in [0.2, 0.25) is 16.0 Å². The number of aromatic nitrogens is 4. The maximum Gasteiger partial charge on any atom is 0.223 e. The van der Waals surface area contributed by atoms with Crippen molar-refractivity contribution in [1.82, 2.24) is 24.2 Å². The van der Waals surface area contributed by atoms with E-state index in [-0.39, 0.29) is 12.0 Å². The first-order valence-corrected chi connectivity index (χ1v) is 16.7. The first kappa shape index (κ1) is 27.9. The maximum absolute atomic E-state index is 15.8. The molecule has 0 radical (unpaired) electrons. The van der Waals surface area contributed by atoms with E-state index < -0.39 is 15.8 Å². The Hall–Kier alpha value is -2.65. The first-order valence-electron chi connectivity index (χ1n) is 12.4. The number of halogens is 1. The number of hydrogen-bond acceptors (Lipinski definition) is 11. The van der Waals surface area contributed by atoms with Crippen molar-refractivity contribution in [2.24, 2.45) is 0 Å². The summed E-state index contributed by atoms with van der Waals surface area (Å²) in [5.41, 5.74) is 1.92. The largest absolute Gasteiger partial charge is 0.351 e. The predicted octanol–water partition coefficient (Wildman–Crippen LogP) is 5.94. The zero-order valence-electron chi connectivity index (χ0n) is 21.6. The van der Waals surface area contributed by atoms with Gasteiger partial charge >= 0.3 is 0 Å². The van der Waals surface area contributed by atoms with E-state index in [2.05, 4.69) is 33.9 Å². The Labute approximate surface area is 239 Å². The zero-order chi connectivity index (χ0) is 27.6. The normalized spacial score (nSPS) is 15.1. The summed E-state index contributed by atoms with van der Waals surface area (Å²) in [5, 5.41) is 6.11. The molecule has 0 spiro atoms. The van der Waals surface area contributed by atoms with Crippen LogP contribution in [0.15, 0.2) is 46.4 Å². The number of thiazole rings is 2. The molecule has 3 aromatic heterocycles. The van der Waals surface area contributed by atoms with Crippen LogP contribution in [0.5, 0.6) is 0 Å². The number of hydrogen-bond donors (Lipinski definition) is 2. The second kappa shape index (κ2) is 11.8. The van der Waals surface area contributed by atoms with Crippen LogP contribution in [0.3, 0.4) is 0 Å². The minimum Gasteiger partial charge on any atom is -0.351 e. The van der Waals surface area contributed by atoms with Crippen molar-refractivity contribution in [3.8, 4) is 21.8 Å². The fraction of sp³-hybridized carbons (Fsp3) is 0.360. The van der Waals surface area contributed by atoms with E-state index in [9.17, 15) is 8.42 Å². The fourth-order valence-electron chi connectivity index (χ4n) is 4.16. The highest BCUT2D eigenvalue weighted by molar-refractivity contribution is 8.02. The van der Waals surface area contributed by atoms with Crippen LogP contribution < -0.4 is 10.0 Å². The molecule has 5 rings (SSSR count). The van der Waals surface area contributed by atoms with Crippen molar-refractivity contribution in [2.75, 3.05) is 29.4 Å².